The Morgan fingerprint density at radius 2 is 1.90 bits per heavy atom. The monoisotopic (exact) mass is 299 g/mol. The van der Waals surface area contributed by atoms with Crippen LogP contribution in [0.5, 0.6) is 0 Å². The van der Waals surface area contributed by atoms with Crippen LogP contribution in [0.3, 0.4) is 0 Å². The van der Waals surface area contributed by atoms with Crippen molar-refractivity contribution >= 4 is 23.8 Å². The molecule has 0 radical (unpaired) electrons. The number of hydrogen-bond acceptors (Lipinski definition) is 5. The van der Waals surface area contributed by atoms with Gasteiger partial charge in [-0.15, -0.1) is 12.4 Å². The first kappa shape index (κ1) is 16.1. The molecule has 0 saturated carbocycles. The van der Waals surface area contributed by atoms with Crippen LogP contribution in [0.15, 0.2) is 27.8 Å². The van der Waals surface area contributed by atoms with Crippen LogP contribution in [0.25, 0.3) is 0 Å². The van der Waals surface area contributed by atoms with Crippen molar-refractivity contribution in [2.45, 2.75) is 13.1 Å². The molecule has 0 heterocycles. The summed E-state index contributed by atoms with van der Waals surface area (Å²) < 4.78 is 13.7. The van der Waals surface area contributed by atoms with Crippen molar-refractivity contribution < 1.29 is 4.39 Å². The van der Waals surface area contributed by atoms with Gasteiger partial charge in [0.15, 0.2) is 0 Å². The Balaban J connectivity index is 0.00000200. The smallest absolute Gasteiger partial charge is 0.253 e. The van der Waals surface area contributed by atoms with E-state index < -0.39 is 10.9 Å². The zero-order valence-electron chi connectivity index (χ0n) is 10.9. The van der Waals surface area contributed by atoms with Crippen LogP contribution in [-0.2, 0) is 13.1 Å². The fourth-order valence-corrected chi connectivity index (χ4v) is 1.99. The molecular formula is C13H15ClFN3O2. The highest BCUT2D eigenvalue weighted by Gasteiger charge is 2.22. The summed E-state index contributed by atoms with van der Waals surface area (Å²) in [6, 6.07) is 4.56. The van der Waals surface area contributed by atoms with Crippen molar-refractivity contribution in [2.24, 2.45) is 5.73 Å². The third-order valence-corrected chi connectivity index (χ3v) is 3.06. The van der Waals surface area contributed by atoms with Crippen molar-refractivity contribution in [1.29, 1.82) is 0 Å². The predicted molar refractivity (Wildman–Crippen MR) is 79.4 cm³/mol. The average Bonchev–Trinajstić information content (AvgIpc) is 2.41. The van der Waals surface area contributed by atoms with E-state index in [1.165, 1.54) is 11.0 Å². The third kappa shape index (κ3) is 2.66. The average molecular weight is 300 g/mol. The number of nitrogens with zero attached hydrogens (tertiary/aromatic N) is 1. The van der Waals surface area contributed by atoms with Crippen molar-refractivity contribution in [3.8, 4) is 0 Å². The highest BCUT2D eigenvalue weighted by molar-refractivity contribution is 5.85. The summed E-state index contributed by atoms with van der Waals surface area (Å²) in [6.07, 6.45) is 0. The molecule has 2 aromatic carbocycles. The summed E-state index contributed by atoms with van der Waals surface area (Å²) >= 11 is 0. The SMILES string of the molecule is CN(Cc1cc(CN)ccc1F)c1c(N)c(=O)c1=O.Cl. The maximum Gasteiger partial charge on any atom is 0.253 e. The van der Waals surface area contributed by atoms with E-state index in [-0.39, 0.29) is 36.1 Å². The normalized spacial score (nSPS) is 10.3. The summed E-state index contributed by atoms with van der Waals surface area (Å²) in [6.45, 7) is 0.452. The molecule has 0 aliphatic heterocycles. The first-order valence-electron chi connectivity index (χ1n) is 5.73. The molecule has 0 spiro atoms. The maximum atomic E-state index is 13.7. The zero-order chi connectivity index (χ0) is 14.2. The first-order valence-corrected chi connectivity index (χ1v) is 5.73. The fourth-order valence-electron chi connectivity index (χ4n) is 1.99. The van der Waals surface area contributed by atoms with Gasteiger partial charge in [-0.3, -0.25) is 9.59 Å². The predicted octanol–water partition coefficient (Wildman–Crippen LogP) is 0.521. The molecule has 0 fully saturated rings. The summed E-state index contributed by atoms with van der Waals surface area (Å²) in [5, 5.41) is 0. The van der Waals surface area contributed by atoms with Gasteiger partial charge in [-0.1, -0.05) is 6.07 Å². The number of anilines is 2. The number of rotatable bonds is 4. The summed E-state index contributed by atoms with van der Waals surface area (Å²) in [5.74, 6) is -0.388. The van der Waals surface area contributed by atoms with Gasteiger partial charge >= 0.3 is 0 Å². The molecule has 2 rings (SSSR count). The Bertz CT molecular complexity index is 695. The molecule has 0 saturated heterocycles. The molecule has 108 valence electrons. The molecule has 0 aliphatic carbocycles. The number of benzene rings is 1. The number of halogens is 2. The summed E-state index contributed by atoms with van der Waals surface area (Å²) in [5.41, 5.74) is 10.9. The van der Waals surface area contributed by atoms with Gasteiger partial charge in [0.2, 0.25) is 0 Å². The van der Waals surface area contributed by atoms with Gasteiger partial charge in [-0.25, -0.2) is 4.39 Å². The summed E-state index contributed by atoms with van der Waals surface area (Å²) in [7, 11) is 1.58. The third-order valence-electron chi connectivity index (χ3n) is 3.06. The Morgan fingerprint density at radius 1 is 1.25 bits per heavy atom. The van der Waals surface area contributed by atoms with Crippen molar-refractivity contribution in [1.82, 2.24) is 0 Å². The van der Waals surface area contributed by atoms with Crippen LogP contribution in [0, 0.1) is 5.82 Å². The zero-order valence-corrected chi connectivity index (χ0v) is 11.7. The molecular weight excluding hydrogens is 285 g/mol. The molecule has 0 aliphatic rings. The number of nitrogens with two attached hydrogens (primary N) is 2. The minimum atomic E-state index is -0.682. The quantitative estimate of drug-likeness (QED) is 0.804. The number of hydrogen-bond donors (Lipinski definition) is 2. The highest BCUT2D eigenvalue weighted by atomic mass is 35.5. The van der Waals surface area contributed by atoms with E-state index in [0.717, 1.165) is 5.56 Å². The largest absolute Gasteiger partial charge is 0.394 e. The Kier molecular flexibility index (Phi) is 4.86. The minimum absolute atomic E-state index is 0. The van der Waals surface area contributed by atoms with Crippen LogP contribution in [-0.4, -0.2) is 7.05 Å². The molecule has 0 amide bonds. The second kappa shape index (κ2) is 6.02. The van der Waals surface area contributed by atoms with Gasteiger partial charge in [-0.2, -0.15) is 0 Å². The van der Waals surface area contributed by atoms with E-state index >= 15 is 0 Å². The van der Waals surface area contributed by atoms with Crippen LogP contribution < -0.4 is 27.2 Å². The second-order valence-corrected chi connectivity index (χ2v) is 4.41. The van der Waals surface area contributed by atoms with E-state index in [0.29, 0.717) is 12.1 Å². The molecule has 0 aromatic heterocycles. The maximum absolute atomic E-state index is 13.7. The van der Waals surface area contributed by atoms with E-state index in [1.807, 2.05) is 0 Å². The van der Waals surface area contributed by atoms with Gasteiger partial charge in [0.05, 0.1) is 0 Å². The molecule has 20 heavy (non-hydrogen) atoms. The lowest BCUT2D eigenvalue weighted by atomic mass is 10.1. The Labute approximate surface area is 121 Å². The Hall–Kier alpha value is -1.92. The lowest BCUT2D eigenvalue weighted by molar-refractivity contribution is 0.606. The fraction of sp³-hybridized carbons (Fsp3) is 0.231. The Morgan fingerprint density at radius 3 is 2.45 bits per heavy atom. The van der Waals surface area contributed by atoms with Crippen LogP contribution >= 0.6 is 12.4 Å². The molecule has 5 nitrogen and oxygen atoms in total. The van der Waals surface area contributed by atoms with Gasteiger partial charge in [0.25, 0.3) is 10.9 Å². The van der Waals surface area contributed by atoms with E-state index in [4.69, 9.17) is 11.5 Å². The lowest BCUT2D eigenvalue weighted by Crippen LogP contribution is -2.40. The molecule has 0 atom stereocenters. The second-order valence-electron chi connectivity index (χ2n) is 4.41. The van der Waals surface area contributed by atoms with E-state index in [2.05, 4.69) is 0 Å². The topological polar surface area (TPSA) is 89.4 Å². The van der Waals surface area contributed by atoms with Crippen LogP contribution in [0.4, 0.5) is 15.8 Å². The summed E-state index contributed by atoms with van der Waals surface area (Å²) in [4.78, 5) is 23.9. The lowest BCUT2D eigenvalue weighted by Gasteiger charge is -2.22. The van der Waals surface area contributed by atoms with Gasteiger partial charge < -0.3 is 16.4 Å². The van der Waals surface area contributed by atoms with Crippen LogP contribution in [0.2, 0.25) is 0 Å². The van der Waals surface area contributed by atoms with E-state index in [9.17, 15) is 14.0 Å². The molecule has 0 bridgehead atoms. The van der Waals surface area contributed by atoms with Crippen molar-refractivity contribution in [3.63, 3.8) is 0 Å². The molecule has 2 aromatic rings. The van der Waals surface area contributed by atoms with Crippen LogP contribution in [0.1, 0.15) is 11.1 Å². The molecule has 7 heteroatoms. The van der Waals surface area contributed by atoms with Gasteiger partial charge in [0.1, 0.15) is 17.2 Å². The van der Waals surface area contributed by atoms with Crippen molar-refractivity contribution in [3.05, 3.63) is 55.6 Å². The highest BCUT2D eigenvalue weighted by Crippen LogP contribution is 2.19. The standard InChI is InChI=1S/C13H14FN3O2.ClH/c1-17(11-10(16)12(18)13(11)19)6-8-4-7(5-15)2-3-9(8)14;/h2-4H,5-6,15-16H2,1H3;1H. The molecule has 4 N–H and O–H groups in total. The van der Waals surface area contributed by atoms with E-state index in [1.54, 1.807) is 19.2 Å². The first-order chi connectivity index (χ1) is 8.95. The minimum Gasteiger partial charge on any atom is -0.394 e. The number of nitrogen functional groups attached to an aromatic ring is 1. The van der Waals surface area contributed by atoms with Gasteiger partial charge in [0, 0.05) is 25.7 Å². The van der Waals surface area contributed by atoms with Gasteiger partial charge in [-0.05, 0) is 17.7 Å². The van der Waals surface area contributed by atoms with Crippen molar-refractivity contribution in [2.75, 3.05) is 17.7 Å². The molecule has 0 unspecified atom stereocenters.